The van der Waals surface area contributed by atoms with Gasteiger partial charge in [-0.15, -0.1) is 0 Å². The number of piperidine rings is 3. The minimum atomic E-state index is -0.147. The molecule has 0 N–H and O–H groups in total. The van der Waals surface area contributed by atoms with E-state index in [2.05, 4.69) is 16.1 Å². The Morgan fingerprint density at radius 2 is 2.20 bits per heavy atom. The smallest absolute Gasteiger partial charge is 0.165 e. The van der Waals surface area contributed by atoms with Crippen LogP contribution in [-0.2, 0) is 4.84 Å². The van der Waals surface area contributed by atoms with Crippen molar-refractivity contribution >= 4 is 5.71 Å². The van der Waals surface area contributed by atoms with Crippen LogP contribution >= 0.6 is 0 Å². The van der Waals surface area contributed by atoms with Crippen LogP contribution in [0.4, 0.5) is 0 Å². The predicted octanol–water partition coefficient (Wildman–Crippen LogP) is 0.867. The van der Waals surface area contributed by atoms with Crippen molar-refractivity contribution in [2.45, 2.75) is 12.8 Å². The summed E-state index contributed by atoms with van der Waals surface area (Å²) in [6.07, 6.45) is 1.83. The second-order valence-electron chi connectivity index (χ2n) is 4.40. The molecular weight excluding hydrogens is 194 g/mol. The van der Waals surface area contributed by atoms with Crippen LogP contribution in [0.25, 0.3) is 0 Å². The molecule has 5 heteroatoms. The van der Waals surface area contributed by atoms with Gasteiger partial charge in [-0.3, -0.25) is 0 Å². The third-order valence-electron chi connectivity index (χ3n) is 3.57. The molecule has 1 atom stereocenters. The highest BCUT2D eigenvalue weighted by Crippen LogP contribution is 2.37. The molecule has 0 amide bonds. The zero-order chi connectivity index (χ0) is 10.9. The highest BCUT2D eigenvalue weighted by atomic mass is 16.6. The van der Waals surface area contributed by atoms with Crippen molar-refractivity contribution in [3.05, 3.63) is 5.21 Å². The van der Waals surface area contributed by atoms with E-state index < -0.39 is 0 Å². The summed E-state index contributed by atoms with van der Waals surface area (Å²) in [5.74, 6) is 0.461. The van der Waals surface area contributed by atoms with Crippen molar-refractivity contribution in [1.82, 2.24) is 0 Å². The normalized spacial score (nSPS) is 39.9. The molecule has 15 heavy (non-hydrogen) atoms. The number of quaternary nitrogens is 1. The number of hydrogen-bond donors (Lipinski definition) is 0. The lowest BCUT2D eigenvalue weighted by molar-refractivity contribution is -0.899. The molecule has 0 aliphatic carbocycles. The summed E-state index contributed by atoms with van der Waals surface area (Å²) in [6, 6.07) is 2.05. The molecule has 82 valence electrons. The maximum absolute atomic E-state index is 12.1. The van der Waals surface area contributed by atoms with Gasteiger partial charge >= 0.3 is 0 Å². The van der Waals surface area contributed by atoms with E-state index in [1.165, 1.54) is 7.11 Å². The summed E-state index contributed by atoms with van der Waals surface area (Å²) in [7, 11) is 1.43. The molecule has 5 nitrogen and oxygen atoms in total. The Morgan fingerprint density at radius 3 is 2.67 bits per heavy atom. The third kappa shape index (κ3) is 1.83. The molecule has 2 bridgehead atoms. The standard InChI is InChI=1S/C10H15N3O2/c1-15-12-10(6-11)9-7-13(14)4-2-8(9)3-5-13/h8-9H,2-5,7H2,1H3/b12-10+. The van der Waals surface area contributed by atoms with Gasteiger partial charge in [-0.1, -0.05) is 5.16 Å². The van der Waals surface area contributed by atoms with Gasteiger partial charge in [0.25, 0.3) is 0 Å². The first kappa shape index (κ1) is 10.4. The maximum atomic E-state index is 12.1. The molecule has 3 aliphatic rings. The zero-order valence-electron chi connectivity index (χ0n) is 8.85. The van der Waals surface area contributed by atoms with Gasteiger partial charge in [-0.05, 0) is 5.92 Å². The summed E-state index contributed by atoms with van der Waals surface area (Å²) in [6.45, 7) is 1.90. The Bertz CT molecular complexity index is 313. The Hall–Kier alpha value is -1.12. The van der Waals surface area contributed by atoms with Crippen LogP contribution in [-0.4, -0.2) is 37.1 Å². The maximum Gasteiger partial charge on any atom is 0.165 e. The molecule has 0 aromatic rings. The van der Waals surface area contributed by atoms with E-state index in [1.54, 1.807) is 0 Å². The Kier molecular flexibility index (Phi) is 2.63. The lowest BCUT2D eigenvalue weighted by atomic mass is 9.76. The number of rotatable bonds is 2. The number of oxime groups is 1. The molecule has 1 unspecified atom stereocenters. The first-order valence-corrected chi connectivity index (χ1v) is 5.27. The second kappa shape index (κ2) is 3.80. The van der Waals surface area contributed by atoms with Gasteiger partial charge < -0.3 is 14.7 Å². The molecule has 0 saturated carbocycles. The fourth-order valence-electron chi connectivity index (χ4n) is 2.73. The van der Waals surface area contributed by atoms with Crippen LogP contribution in [0.3, 0.4) is 0 Å². The van der Waals surface area contributed by atoms with Gasteiger partial charge in [0.05, 0.1) is 25.6 Å². The highest BCUT2D eigenvalue weighted by molar-refractivity contribution is 6.00. The number of hydrogen-bond acceptors (Lipinski definition) is 4. The minimum Gasteiger partial charge on any atom is -0.633 e. The Labute approximate surface area is 89.1 Å². The van der Waals surface area contributed by atoms with Crippen molar-refractivity contribution in [2.75, 3.05) is 26.7 Å². The largest absolute Gasteiger partial charge is 0.633 e. The Morgan fingerprint density at radius 1 is 1.53 bits per heavy atom. The van der Waals surface area contributed by atoms with Gasteiger partial charge in [0.15, 0.2) is 5.71 Å². The molecule has 3 aliphatic heterocycles. The molecule has 0 aromatic carbocycles. The molecular formula is C10H15N3O2. The van der Waals surface area contributed by atoms with E-state index in [0.29, 0.717) is 31.3 Å². The first-order valence-electron chi connectivity index (χ1n) is 5.27. The summed E-state index contributed by atoms with van der Waals surface area (Å²) in [4.78, 5) is 4.65. The Balaban J connectivity index is 2.18. The number of nitriles is 1. The first-order chi connectivity index (χ1) is 7.18. The third-order valence-corrected chi connectivity index (χ3v) is 3.57. The van der Waals surface area contributed by atoms with E-state index >= 15 is 0 Å². The van der Waals surface area contributed by atoms with Crippen LogP contribution in [0.1, 0.15) is 12.8 Å². The SMILES string of the molecule is CO/N=C(\C#N)C1C[N+]2([O-])CCC1CC2. The van der Waals surface area contributed by atoms with Crippen molar-refractivity contribution in [3.63, 3.8) is 0 Å². The van der Waals surface area contributed by atoms with Gasteiger partial charge in [0.2, 0.25) is 0 Å². The molecule has 0 spiro atoms. The second-order valence-corrected chi connectivity index (χ2v) is 4.40. The van der Waals surface area contributed by atoms with E-state index in [4.69, 9.17) is 5.26 Å². The molecule has 0 aromatic heterocycles. The van der Waals surface area contributed by atoms with Crippen LogP contribution in [0.2, 0.25) is 0 Å². The van der Waals surface area contributed by atoms with Gasteiger partial charge in [0.1, 0.15) is 13.2 Å². The fourth-order valence-corrected chi connectivity index (χ4v) is 2.73. The lowest BCUT2D eigenvalue weighted by Crippen LogP contribution is -2.59. The molecule has 3 saturated heterocycles. The summed E-state index contributed by atoms with van der Waals surface area (Å²) < 4.78 is -0.147. The average molecular weight is 209 g/mol. The molecule has 3 heterocycles. The van der Waals surface area contributed by atoms with Crippen molar-refractivity contribution in [2.24, 2.45) is 17.0 Å². The van der Waals surface area contributed by atoms with Crippen molar-refractivity contribution in [1.29, 1.82) is 5.26 Å². The van der Waals surface area contributed by atoms with Crippen molar-refractivity contribution < 1.29 is 9.48 Å². The van der Waals surface area contributed by atoms with Gasteiger partial charge in [0, 0.05) is 12.8 Å². The topological polar surface area (TPSA) is 68.4 Å². The number of fused-ring (bicyclic) bond motifs is 3. The van der Waals surface area contributed by atoms with Gasteiger partial charge in [-0.25, -0.2) is 0 Å². The number of nitrogens with zero attached hydrogens (tertiary/aromatic N) is 3. The van der Waals surface area contributed by atoms with E-state index in [9.17, 15) is 5.21 Å². The average Bonchev–Trinajstić information content (AvgIpc) is 2.26. The van der Waals surface area contributed by atoms with Gasteiger partial charge in [-0.2, -0.15) is 5.26 Å². The van der Waals surface area contributed by atoms with Crippen molar-refractivity contribution in [3.8, 4) is 6.07 Å². The van der Waals surface area contributed by atoms with E-state index in [-0.39, 0.29) is 10.6 Å². The van der Waals surface area contributed by atoms with Crippen LogP contribution in [0, 0.1) is 28.4 Å². The molecule has 0 radical (unpaired) electrons. The number of hydroxylamine groups is 3. The summed E-state index contributed by atoms with van der Waals surface area (Å²) >= 11 is 0. The predicted molar refractivity (Wildman–Crippen MR) is 54.5 cm³/mol. The van der Waals surface area contributed by atoms with Crippen LogP contribution < -0.4 is 0 Å². The highest BCUT2D eigenvalue weighted by Gasteiger charge is 2.43. The van der Waals surface area contributed by atoms with Crippen LogP contribution in [0.5, 0.6) is 0 Å². The minimum absolute atomic E-state index is 0.00921. The summed E-state index contributed by atoms with van der Waals surface area (Å²) in [5, 5.41) is 24.8. The quantitative estimate of drug-likeness (QED) is 0.293. The molecule has 3 fully saturated rings. The zero-order valence-corrected chi connectivity index (χ0v) is 8.85. The van der Waals surface area contributed by atoms with E-state index in [0.717, 1.165) is 12.8 Å². The fraction of sp³-hybridized carbons (Fsp3) is 0.800. The van der Waals surface area contributed by atoms with E-state index in [1.807, 2.05) is 0 Å². The van der Waals surface area contributed by atoms with Crippen LogP contribution in [0.15, 0.2) is 5.16 Å². The molecule has 3 rings (SSSR count). The monoisotopic (exact) mass is 209 g/mol. The lowest BCUT2D eigenvalue weighted by Gasteiger charge is -2.55. The summed E-state index contributed by atoms with van der Waals surface area (Å²) in [5.41, 5.74) is 0.389.